The quantitative estimate of drug-likeness (QED) is 0.432. The van der Waals surface area contributed by atoms with E-state index in [1.807, 2.05) is 11.0 Å². The third-order valence-electron chi connectivity index (χ3n) is 7.69. The molecule has 0 bridgehead atoms. The predicted molar refractivity (Wildman–Crippen MR) is 149 cm³/mol. The lowest BCUT2D eigenvalue weighted by Gasteiger charge is -2.31. The molecule has 192 valence electrons. The van der Waals surface area contributed by atoms with Gasteiger partial charge in [0.1, 0.15) is 5.75 Å². The number of carbonyl (C=O) groups excluding carboxylic acids is 1. The first-order valence-electron chi connectivity index (χ1n) is 13.6. The van der Waals surface area contributed by atoms with Crippen LogP contribution in [-0.2, 0) is 15.6 Å². The van der Waals surface area contributed by atoms with Crippen LogP contribution in [0.3, 0.4) is 0 Å². The largest absolute Gasteiger partial charge is 0.507 e. The van der Waals surface area contributed by atoms with Crippen LogP contribution in [0.5, 0.6) is 5.75 Å². The molecule has 2 aliphatic carbocycles. The zero-order chi connectivity index (χ0) is 25.4. The van der Waals surface area contributed by atoms with E-state index in [1.165, 1.54) is 38.5 Å². The summed E-state index contributed by atoms with van der Waals surface area (Å²) >= 11 is 1.56. The molecule has 0 aromatic heterocycles. The average Bonchev–Trinajstić information content (AvgIpc) is 3.09. The van der Waals surface area contributed by atoms with Crippen molar-refractivity contribution in [1.82, 2.24) is 4.90 Å². The number of nitrogens with zero attached hydrogens (tertiary/aromatic N) is 2. The van der Waals surface area contributed by atoms with Crippen molar-refractivity contribution in [3.05, 3.63) is 33.7 Å². The van der Waals surface area contributed by atoms with Crippen molar-refractivity contribution in [1.29, 1.82) is 0 Å². The van der Waals surface area contributed by atoms with Crippen LogP contribution >= 0.6 is 11.8 Å². The molecule has 3 aliphatic rings. The van der Waals surface area contributed by atoms with Gasteiger partial charge in [0, 0.05) is 17.2 Å². The number of carbonyl (C=O) groups is 1. The number of rotatable bonds is 3. The fourth-order valence-electron chi connectivity index (χ4n) is 5.64. The molecule has 1 aromatic rings. The Labute approximate surface area is 216 Å². The summed E-state index contributed by atoms with van der Waals surface area (Å²) in [5.74, 6) is 0.486. The number of benzene rings is 1. The van der Waals surface area contributed by atoms with Crippen LogP contribution in [0.4, 0.5) is 0 Å². The van der Waals surface area contributed by atoms with Gasteiger partial charge in [-0.15, -0.1) is 0 Å². The number of aromatic hydroxyl groups is 1. The van der Waals surface area contributed by atoms with Crippen molar-refractivity contribution in [2.75, 3.05) is 0 Å². The van der Waals surface area contributed by atoms with Gasteiger partial charge in [0.05, 0.1) is 10.9 Å². The van der Waals surface area contributed by atoms with E-state index in [1.54, 1.807) is 11.8 Å². The maximum atomic E-state index is 13.8. The minimum absolute atomic E-state index is 0.110. The van der Waals surface area contributed by atoms with Crippen molar-refractivity contribution >= 4 is 28.9 Å². The van der Waals surface area contributed by atoms with Gasteiger partial charge in [0.25, 0.3) is 5.91 Å². The first-order chi connectivity index (χ1) is 16.4. The third kappa shape index (κ3) is 5.98. The van der Waals surface area contributed by atoms with Gasteiger partial charge >= 0.3 is 0 Å². The maximum absolute atomic E-state index is 13.8. The van der Waals surface area contributed by atoms with Gasteiger partial charge in [-0.05, 0) is 72.0 Å². The molecule has 0 spiro atoms. The lowest BCUT2D eigenvalue weighted by molar-refractivity contribution is -0.124. The standard InChI is InChI=1S/C30H44N2O2S/c1-29(2,3)23-17-20(18-24(26(23)33)30(4,5)6)19-25-27(34)32(22-15-11-8-12-16-22)28(35-25)31-21-13-9-7-10-14-21/h17-19,21-22,33H,7-16H2,1-6H3. The van der Waals surface area contributed by atoms with Crippen LogP contribution < -0.4 is 0 Å². The molecule has 35 heavy (non-hydrogen) atoms. The lowest BCUT2D eigenvalue weighted by Crippen LogP contribution is -2.41. The molecule has 0 atom stereocenters. The first kappa shape index (κ1) is 26.3. The fraction of sp³-hybridized carbons (Fsp3) is 0.667. The Balaban J connectivity index is 1.74. The number of hydrogen-bond acceptors (Lipinski definition) is 4. The molecule has 4 nitrogen and oxygen atoms in total. The number of amidine groups is 1. The second kappa shape index (κ2) is 10.3. The summed E-state index contributed by atoms with van der Waals surface area (Å²) in [6, 6.07) is 4.74. The number of hydrogen-bond donors (Lipinski definition) is 1. The second-order valence-electron chi connectivity index (χ2n) is 12.7. The molecule has 4 rings (SSSR count). The maximum Gasteiger partial charge on any atom is 0.266 e. The van der Waals surface area contributed by atoms with Crippen LogP contribution in [-0.4, -0.2) is 33.2 Å². The molecule has 1 aromatic carbocycles. The molecule has 2 saturated carbocycles. The Morgan fingerprint density at radius 3 is 1.91 bits per heavy atom. The zero-order valence-electron chi connectivity index (χ0n) is 22.6. The van der Waals surface area contributed by atoms with Crippen LogP contribution in [0.25, 0.3) is 6.08 Å². The highest BCUT2D eigenvalue weighted by atomic mass is 32.2. The number of amides is 1. The van der Waals surface area contributed by atoms with Crippen molar-refractivity contribution in [3.8, 4) is 5.75 Å². The summed E-state index contributed by atoms with van der Waals surface area (Å²) in [6.07, 6.45) is 13.9. The van der Waals surface area contributed by atoms with Gasteiger partial charge < -0.3 is 5.11 Å². The molecule has 1 amide bonds. The second-order valence-corrected chi connectivity index (χ2v) is 13.8. The molecule has 3 fully saturated rings. The molecular formula is C30H44N2O2S. The van der Waals surface area contributed by atoms with Crippen molar-refractivity contribution in [2.24, 2.45) is 4.99 Å². The first-order valence-corrected chi connectivity index (χ1v) is 14.5. The number of thioether (sulfide) groups is 1. The SMILES string of the molecule is CC(C)(C)c1cc(C=C2SC(=NC3CCCCC3)N(C3CCCCC3)C2=O)cc(C(C)(C)C)c1O. The number of aliphatic imine (C=N–C) groups is 1. The molecule has 0 unspecified atom stereocenters. The minimum Gasteiger partial charge on any atom is -0.507 e. The molecule has 1 aliphatic heterocycles. The fourth-order valence-corrected chi connectivity index (χ4v) is 6.75. The van der Waals surface area contributed by atoms with Crippen LogP contribution in [0.2, 0.25) is 0 Å². The van der Waals surface area contributed by atoms with E-state index >= 15 is 0 Å². The highest BCUT2D eigenvalue weighted by Gasteiger charge is 2.39. The Hall–Kier alpha value is -1.75. The van der Waals surface area contributed by atoms with Crippen LogP contribution in [0.15, 0.2) is 22.0 Å². The monoisotopic (exact) mass is 496 g/mol. The summed E-state index contributed by atoms with van der Waals surface area (Å²) < 4.78 is 0. The summed E-state index contributed by atoms with van der Waals surface area (Å²) in [5.41, 5.74) is 2.43. The molecular weight excluding hydrogens is 452 g/mol. The molecule has 1 saturated heterocycles. The van der Waals surface area contributed by atoms with Crippen molar-refractivity contribution < 1.29 is 9.90 Å². The lowest BCUT2D eigenvalue weighted by atomic mass is 9.78. The normalized spacial score (nSPS) is 23.6. The van der Waals surface area contributed by atoms with Gasteiger partial charge in [0.2, 0.25) is 0 Å². The summed E-state index contributed by atoms with van der Waals surface area (Å²) in [7, 11) is 0. The number of phenolic OH excluding ortho intramolecular Hbond substituents is 1. The van der Waals surface area contributed by atoms with Crippen LogP contribution in [0, 0.1) is 0 Å². The van der Waals surface area contributed by atoms with Crippen LogP contribution in [0.1, 0.15) is 122 Å². The number of phenols is 1. The Morgan fingerprint density at radius 2 is 1.40 bits per heavy atom. The van der Waals surface area contributed by atoms with Gasteiger partial charge in [-0.3, -0.25) is 14.7 Å². The Bertz CT molecular complexity index is 965. The van der Waals surface area contributed by atoms with E-state index in [0.717, 1.165) is 52.4 Å². The van der Waals surface area contributed by atoms with E-state index in [4.69, 9.17) is 4.99 Å². The summed E-state index contributed by atoms with van der Waals surface area (Å²) in [5, 5.41) is 12.0. The highest BCUT2D eigenvalue weighted by molar-refractivity contribution is 8.18. The van der Waals surface area contributed by atoms with Gasteiger partial charge in [0.15, 0.2) is 5.17 Å². The molecule has 1 heterocycles. The van der Waals surface area contributed by atoms with Crippen molar-refractivity contribution in [3.63, 3.8) is 0 Å². The topological polar surface area (TPSA) is 52.9 Å². The summed E-state index contributed by atoms with van der Waals surface area (Å²) in [6.45, 7) is 12.8. The zero-order valence-corrected chi connectivity index (χ0v) is 23.4. The van der Waals surface area contributed by atoms with Gasteiger partial charge in [-0.1, -0.05) is 80.1 Å². The Morgan fingerprint density at radius 1 is 0.886 bits per heavy atom. The summed E-state index contributed by atoms with van der Waals surface area (Å²) in [4.78, 5) is 21.8. The molecule has 5 heteroatoms. The Kier molecular flexibility index (Phi) is 7.76. The highest BCUT2D eigenvalue weighted by Crippen LogP contribution is 2.42. The molecule has 1 N–H and O–H groups in total. The van der Waals surface area contributed by atoms with Gasteiger partial charge in [-0.2, -0.15) is 0 Å². The third-order valence-corrected chi connectivity index (χ3v) is 8.69. The smallest absolute Gasteiger partial charge is 0.266 e. The average molecular weight is 497 g/mol. The van der Waals surface area contributed by atoms with E-state index in [-0.39, 0.29) is 22.8 Å². The van der Waals surface area contributed by atoms with E-state index in [0.29, 0.717) is 11.8 Å². The van der Waals surface area contributed by atoms with Gasteiger partial charge in [-0.25, -0.2) is 0 Å². The minimum atomic E-state index is -0.201. The predicted octanol–water partition coefficient (Wildman–Crippen LogP) is 7.92. The molecule has 0 radical (unpaired) electrons. The van der Waals surface area contributed by atoms with Crippen molar-refractivity contribution in [2.45, 2.75) is 129 Å². The van der Waals surface area contributed by atoms with E-state index in [9.17, 15) is 9.90 Å². The van der Waals surface area contributed by atoms with E-state index < -0.39 is 0 Å². The van der Waals surface area contributed by atoms with E-state index in [2.05, 4.69) is 53.7 Å².